The van der Waals surface area contributed by atoms with Crippen LogP contribution in [-0.2, 0) is 16.0 Å². The molecule has 1 saturated carbocycles. The number of fused-ring (bicyclic) bond motifs is 3. The van der Waals surface area contributed by atoms with E-state index in [1.807, 2.05) is 19.2 Å². The van der Waals surface area contributed by atoms with Gasteiger partial charge in [0.25, 0.3) is 0 Å². The van der Waals surface area contributed by atoms with Gasteiger partial charge in [-0.15, -0.1) is 0 Å². The number of rotatable bonds is 2. The molecule has 0 saturated heterocycles. The van der Waals surface area contributed by atoms with E-state index in [0.717, 1.165) is 6.42 Å². The molecule has 0 radical (unpaired) electrons. The maximum Gasteiger partial charge on any atom is 0.309 e. The lowest BCUT2D eigenvalue weighted by atomic mass is 10.1. The molecule has 3 atom stereocenters. The molecular formula is C12H12ClNO2. The summed E-state index contributed by atoms with van der Waals surface area (Å²) in [5.74, 6) is 0.765. The average Bonchev–Trinajstić information content (AvgIpc) is 2.82. The number of hydrogen-bond acceptors (Lipinski definition) is 3. The fourth-order valence-corrected chi connectivity index (χ4v) is 3.00. The Labute approximate surface area is 98.8 Å². The topological polar surface area (TPSA) is 39.2 Å². The summed E-state index contributed by atoms with van der Waals surface area (Å²) >= 11 is 5.83. The first-order chi connectivity index (χ1) is 7.72. The third kappa shape index (κ3) is 1.34. The highest BCUT2D eigenvalue weighted by atomic mass is 35.5. The summed E-state index contributed by atoms with van der Waals surface area (Å²) in [7, 11) is 0. The highest BCUT2D eigenvalue weighted by Gasteiger charge is 2.60. The van der Waals surface area contributed by atoms with Gasteiger partial charge in [-0.05, 0) is 36.5 Å². The smallest absolute Gasteiger partial charge is 0.309 e. The Kier molecular flexibility index (Phi) is 2.18. The molecule has 84 valence electrons. The number of carbonyl (C=O) groups is 1. The Hall–Kier alpha value is -1.09. The molecule has 0 aromatic carbocycles. The van der Waals surface area contributed by atoms with Gasteiger partial charge in [0.2, 0.25) is 0 Å². The third-order valence-corrected chi connectivity index (χ3v) is 3.74. The van der Waals surface area contributed by atoms with Gasteiger partial charge < -0.3 is 4.74 Å². The van der Waals surface area contributed by atoms with Crippen molar-refractivity contribution >= 4 is 17.6 Å². The summed E-state index contributed by atoms with van der Waals surface area (Å²) in [6, 6.07) is 1.91. The number of aromatic nitrogens is 1. The monoisotopic (exact) mass is 237 g/mol. The van der Waals surface area contributed by atoms with Crippen molar-refractivity contribution in [2.75, 3.05) is 6.61 Å². The Bertz CT molecular complexity index is 460. The van der Waals surface area contributed by atoms with Gasteiger partial charge in [-0.3, -0.25) is 4.79 Å². The Morgan fingerprint density at radius 3 is 3.25 bits per heavy atom. The minimum Gasteiger partial charge on any atom is -0.466 e. The van der Waals surface area contributed by atoms with Crippen molar-refractivity contribution in [2.45, 2.75) is 19.3 Å². The fraction of sp³-hybridized carbons (Fsp3) is 0.500. The molecule has 1 aromatic heterocycles. The maximum atomic E-state index is 11.6. The molecule has 0 spiro atoms. The molecule has 16 heavy (non-hydrogen) atoms. The number of halogens is 1. The van der Waals surface area contributed by atoms with E-state index >= 15 is 0 Å². The highest BCUT2D eigenvalue weighted by Crippen LogP contribution is 2.61. The number of esters is 1. The molecule has 0 aliphatic heterocycles. The van der Waals surface area contributed by atoms with Gasteiger partial charge in [0.1, 0.15) is 5.15 Å². The summed E-state index contributed by atoms with van der Waals surface area (Å²) in [5, 5.41) is 0.535. The molecule has 2 aliphatic carbocycles. The van der Waals surface area contributed by atoms with Crippen LogP contribution in [-0.4, -0.2) is 17.6 Å². The van der Waals surface area contributed by atoms with Crippen LogP contribution >= 0.6 is 11.6 Å². The van der Waals surface area contributed by atoms with E-state index < -0.39 is 0 Å². The minimum atomic E-state index is -0.0573. The van der Waals surface area contributed by atoms with Crippen molar-refractivity contribution in [1.29, 1.82) is 0 Å². The van der Waals surface area contributed by atoms with Crippen LogP contribution in [0.3, 0.4) is 0 Å². The van der Waals surface area contributed by atoms with Crippen LogP contribution in [0.1, 0.15) is 24.0 Å². The van der Waals surface area contributed by atoms with Crippen LogP contribution < -0.4 is 0 Å². The van der Waals surface area contributed by atoms with Crippen molar-refractivity contribution in [3.05, 3.63) is 28.5 Å². The number of carbonyl (C=O) groups excluding carboxylic acids is 1. The van der Waals surface area contributed by atoms with Crippen LogP contribution in [0.25, 0.3) is 0 Å². The maximum absolute atomic E-state index is 11.6. The number of pyridine rings is 1. The Balaban J connectivity index is 1.82. The van der Waals surface area contributed by atoms with Crippen LogP contribution in [0.4, 0.5) is 0 Å². The van der Waals surface area contributed by atoms with E-state index in [1.54, 1.807) is 0 Å². The van der Waals surface area contributed by atoms with Crippen LogP contribution in [0, 0.1) is 11.8 Å². The first-order valence-electron chi connectivity index (χ1n) is 5.53. The van der Waals surface area contributed by atoms with Gasteiger partial charge in [-0.2, -0.15) is 0 Å². The van der Waals surface area contributed by atoms with Crippen molar-refractivity contribution in [3.8, 4) is 0 Å². The predicted molar refractivity (Wildman–Crippen MR) is 59.3 cm³/mol. The molecular weight excluding hydrogens is 226 g/mol. The summed E-state index contributed by atoms with van der Waals surface area (Å²) in [6.07, 6.45) is 2.74. The second-order valence-electron chi connectivity index (χ2n) is 4.38. The average molecular weight is 238 g/mol. The van der Waals surface area contributed by atoms with E-state index in [0.29, 0.717) is 23.6 Å². The van der Waals surface area contributed by atoms with Gasteiger partial charge >= 0.3 is 5.97 Å². The summed E-state index contributed by atoms with van der Waals surface area (Å²) in [4.78, 5) is 15.7. The molecule has 0 amide bonds. The molecule has 1 fully saturated rings. The number of nitrogens with zero attached hydrogens (tertiary/aromatic N) is 1. The van der Waals surface area contributed by atoms with Gasteiger partial charge in [0.15, 0.2) is 0 Å². The van der Waals surface area contributed by atoms with Crippen molar-refractivity contribution in [2.24, 2.45) is 11.8 Å². The lowest BCUT2D eigenvalue weighted by Crippen LogP contribution is -2.11. The minimum absolute atomic E-state index is 0.0573. The zero-order chi connectivity index (χ0) is 11.3. The second kappa shape index (κ2) is 3.45. The summed E-state index contributed by atoms with van der Waals surface area (Å²) in [6.45, 7) is 2.30. The highest BCUT2D eigenvalue weighted by molar-refractivity contribution is 6.29. The standard InChI is InChI=1S/C12H12ClNO2/c1-2-16-12(15)11-7-3-6-4-9(13)14-5-8(6)10(7)11/h4-5,7,10-11H,2-3H2,1H3/t7-,10-,11+/m1/s1. The lowest BCUT2D eigenvalue weighted by molar-refractivity contribution is -0.145. The molecule has 0 unspecified atom stereocenters. The van der Waals surface area contributed by atoms with Gasteiger partial charge in [0, 0.05) is 12.1 Å². The molecule has 3 rings (SSSR count). The quantitative estimate of drug-likeness (QED) is 0.585. The van der Waals surface area contributed by atoms with E-state index in [1.165, 1.54) is 11.1 Å². The zero-order valence-corrected chi connectivity index (χ0v) is 9.70. The first kappa shape index (κ1) is 10.1. The van der Waals surface area contributed by atoms with E-state index in [-0.39, 0.29) is 11.9 Å². The van der Waals surface area contributed by atoms with Gasteiger partial charge in [-0.25, -0.2) is 4.98 Å². The fourth-order valence-electron chi connectivity index (χ4n) is 2.82. The molecule has 0 bridgehead atoms. The van der Waals surface area contributed by atoms with E-state index in [9.17, 15) is 4.79 Å². The summed E-state index contributed by atoms with van der Waals surface area (Å²) < 4.78 is 5.06. The normalized spacial score (nSPS) is 29.5. The summed E-state index contributed by atoms with van der Waals surface area (Å²) in [5.41, 5.74) is 2.43. The van der Waals surface area contributed by atoms with Crippen molar-refractivity contribution in [3.63, 3.8) is 0 Å². The van der Waals surface area contributed by atoms with Crippen LogP contribution in [0.5, 0.6) is 0 Å². The van der Waals surface area contributed by atoms with Gasteiger partial charge in [0.05, 0.1) is 12.5 Å². The van der Waals surface area contributed by atoms with E-state index in [2.05, 4.69) is 4.98 Å². The molecule has 3 nitrogen and oxygen atoms in total. The predicted octanol–water partition coefficient (Wildman–Crippen LogP) is 2.18. The molecule has 0 N–H and O–H groups in total. The molecule has 2 aliphatic rings. The van der Waals surface area contributed by atoms with Crippen LogP contribution in [0.15, 0.2) is 12.3 Å². The number of ether oxygens (including phenoxy) is 1. The molecule has 4 heteroatoms. The Morgan fingerprint density at radius 1 is 1.69 bits per heavy atom. The van der Waals surface area contributed by atoms with Crippen molar-refractivity contribution < 1.29 is 9.53 Å². The largest absolute Gasteiger partial charge is 0.466 e. The molecule has 1 aromatic rings. The Morgan fingerprint density at radius 2 is 2.50 bits per heavy atom. The third-order valence-electron chi connectivity index (χ3n) is 3.53. The molecule has 1 heterocycles. The van der Waals surface area contributed by atoms with Crippen LogP contribution in [0.2, 0.25) is 5.15 Å². The first-order valence-corrected chi connectivity index (χ1v) is 5.91. The van der Waals surface area contributed by atoms with Gasteiger partial charge in [-0.1, -0.05) is 11.6 Å². The van der Waals surface area contributed by atoms with E-state index in [4.69, 9.17) is 16.3 Å². The van der Waals surface area contributed by atoms with Crippen molar-refractivity contribution in [1.82, 2.24) is 4.98 Å². The second-order valence-corrected chi connectivity index (χ2v) is 4.76. The zero-order valence-electron chi connectivity index (χ0n) is 8.94. The number of hydrogen-bond donors (Lipinski definition) is 0. The SMILES string of the molecule is CCOC(=O)[C@H]1[C@@H]2Cc3cc(Cl)ncc3[C@@H]21. The lowest BCUT2D eigenvalue weighted by Gasteiger charge is -2.06.